The average Bonchev–Trinajstić information content (AvgIpc) is 2.47. The summed E-state index contributed by atoms with van der Waals surface area (Å²) in [5.41, 5.74) is 1.46. The van der Waals surface area contributed by atoms with Gasteiger partial charge in [-0.3, -0.25) is 4.79 Å². The van der Waals surface area contributed by atoms with E-state index in [1.807, 2.05) is 0 Å². The minimum Gasteiger partial charge on any atom is -0.462 e. The van der Waals surface area contributed by atoms with Crippen LogP contribution in [0, 0.1) is 6.92 Å². The first-order valence-electron chi connectivity index (χ1n) is 4.01. The van der Waals surface area contributed by atoms with Crippen LogP contribution in [0.15, 0.2) is 6.07 Å². The predicted molar refractivity (Wildman–Crippen MR) is 46.9 cm³/mol. The third kappa shape index (κ3) is 1.96. The molecule has 1 aromatic heterocycles. The standard InChI is InChI=1S/C9H11NO3/c1-3-13-9(12)8-4-7(5-11)10-6(8)2/h4-5,10H,3H2,1-2H3. The summed E-state index contributed by atoms with van der Waals surface area (Å²) in [6, 6.07) is 1.49. The van der Waals surface area contributed by atoms with Crippen molar-refractivity contribution in [3.8, 4) is 0 Å². The average molecular weight is 181 g/mol. The SMILES string of the molecule is CCOC(=O)c1cc(C=O)[nH]c1C. The molecule has 1 N–H and O–H groups in total. The summed E-state index contributed by atoms with van der Waals surface area (Å²) in [4.78, 5) is 24.4. The lowest BCUT2D eigenvalue weighted by molar-refractivity contribution is 0.0525. The molecule has 13 heavy (non-hydrogen) atoms. The van der Waals surface area contributed by atoms with Crippen molar-refractivity contribution in [2.24, 2.45) is 0 Å². The normalized spacial score (nSPS) is 9.69. The van der Waals surface area contributed by atoms with Crippen molar-refractivity contribution in [2.75, 3.05) is 6.61 Å². The van der Waals surface area contributed by atoms with Crippen LogP contribution in [0.3, 0.4) is 0 Å². The number of H-pyrrole nitrogens is 1. The number of hydrogen-bond acceptors (Lipinski definition) is 3. The van der Waals surface area contributed by atoms with Gasteiger partial charge < -0.3 is 9.72 Å². The highest BCUT2D eigenvalue weighted by Gasteiger charge is 2.12. The summed E-state index contributed by atoms with van der Waals surface area (Å²) >= 11 is 0. The number of aromatic amines is 1. The molecule has 4 heteroatoms. The molecule has 0 aliphatic rings. The summed E-state index contributed by atoms with van der Waals surface area (Å²) in [6.07, 6.45) is 0.662. The van der Waals surface area contributed by atoms with Gasteiger partial charge in [-0.2, -0.15) is 0 Å². The van der Waals surface area contributed by atoms with Gasteiger partial charge >= 0.3 is 5.97 Å². The number of ether oxygens (including phenoxy) is 1. The summed E-state index contributed by atoms with van der Waals surface area (Å²) < 4.78 is 4.79. The van der Waals surface area contributed by atoms with Crippen LogP contribution in [0.4, 0.5) is 0 Å². The largest absolute Gasteiger partial charge is 0.462 e. The second-order valence-electron chi connectivity index (χ2n) is 2.60. The Hall–Kier alpha value is -1.58. The Morgan fingerprint density at radius 2 is 2.38 bits per heavy atom. The Morgan fingerprint density at radius 1 is 1.69 bits per heavy atom. The molecule has 0 unspecified atom stereocenters. The van der Waals surface area contributed by atoms with Gasteiger partial charge in [0.15, 0.2) is 6.29 Å². The molecule has 0 amide bonds. The van der Waals surface area contributed by atoms with Crippen LogP contribution in [-0.2, 0) is 4.74 Å². The van der Waals surface area contributed by atoms with Crippen LogP contribution >= 0.6 is 0 Å². The lowest BCUT2D eigenvalue weighted by Gasteiger charge is -1.98. The molecule has 0 saturated heterocycles. The minimum atomic E-state index is -0.399. The third-order valence-corrected chi connectivity index (χ3v) is 1.66. The molecule has 0 atom stereocenters. The molecule has 0 fully saturated rings. The van der Waals surface area contributed by atoms with E-state index in [4.69, 9.17) is 4.74 Å². The molecule has 4 nitrogen and oxygen atoms in total. The summed E-state index contributed by atoms with van der Waals surface area (Å²) in [6.45, 7) is 3.79. The first kappa shape index (κ1) is 9.51. The van der Waals surface area contributed by atoms with Crippen LogP contribution in [0.5, 0.6) is 0 Å². The van der Waals surface area contributed by atoms with E-state index in [0.717, 1.165) is 0 Å². The first-order valence-corrected chi connectivity index (χ1v) is 4.01. The van der Waals surface area contributed by atoms with Crippen LogP contribution in [-0.4, -0.2) is 23.8 Å². The van der Waals surface area contributed by atoms with Gasteiger partial charge in [-0.1, -0.05) is 0 Å². The fraction of sp³-hybridized carbons (Fsp3) is 0.333. The highest BCUT2D eigenvalue weighted by molar-refractivity contribution is 5.92. The third-order valence-electron chi connectivity index (χ3n) is 1.66. The number of carbonyl (C=O) groups is 2. The number of rotatable bonds is 3. The molecule has 1 rings (SSSR count). The second-order valence-corrected chi connectivity index (χ2v) is 2.60. The number of aryl methyl sites for hydroxylation is 1. The minimum absolute atomic E-state index is 0.333. The van der Waals surface area contributed by atoms with Gasteiger partial charge in [0.2, 0.25) is 0 Å². The lowest BCUT2D eigenvalue weighted by Crippen LogP contribution is -2.04. The lowest BCUT2D eigenvalue weighted by atomic mass is 10.2. The van der Waals surface area contributed by atoms with Crippen LogP contribution in [0.25, 0.3) is 0 Å². The van der Waals surface area contributed by atoms with Crippen molar-refractivity contribution in [3.05, 3.63) is 23.0 Å². The number of nitrogens with one attached hydrogen (secondary N) is 1. The molecular formula is C9H11NO3. The smallest absolute Gasteiger partial charge is 0.339 e. The molecule has 1 aromatic rings. The number of carbonyl (C=O) groups excluding carboxylic acids is 2. The van der Waals surface area contributed by atoms with Gasteiger partial charge in [0.1, 0.15) is 0 Å². The topological polar surface area (TPSA) is 59.2 Å². The zero-order valence-corrected chi connectivity index (χ0v) is 7.59. The highest BCUT2D eigenvalue weighted by atomic mass is 16.5. The monoisotopic (exact) mass is 181 g/mol. The number of hydrogen-bond donors (Lipinski definition) is 1. The van der Waals surface area contributed by atoms with E-state index in [9.17, 15) is 9.59 Å². The van der Waals surface area contributed by atoms with Gasteiger partial charge in [0, 0.05) is 5.69 Å². The molecule has 0 aliphatic heterocycles. The van der Waals surface area contributed by atoms with E-state index < -0.39 is 5.97 Å². The van der Waals surface area contributed by atoms with Crippen molar-refractivity contribution in [3.63, 3.8) is 0 Å². The van der Waals surface area contributed by atoms with Crippen molar-refractivity contribution in [1.29, 1.82) is 0 Å². The van der Waals surface area contributed by atoms with Gasteiger partial charge in [0.05, 0.1) is 17.9 Å². The molecule has 1 heterocycles. The van der Waals surface area contributed by atoms with Crippen LogP contribution in [0.1, 0.15) is 33.5 Å². The zero-order valence-electron chi connectivity index (χ0n) is 7.59. The fourth-order valence-electron chi connectivity index (χ4n) is 1.07. The van der Waals surface area contributed by atoms with Crippen molar-refractivity contribution >= 4 is 12.3 Å². The second kappa shape index (κ2) is 3.89. The molecule has 0 aromatic carbocycles. The Balaban J connectivity index is 2.93. The van der Waals surface area contributed by atoms with E-state index in [1.54, 1.807) is 13.8 Å². The van der Waals surface area contributed by atoms with Gasteiger partial charge in [-0.25, -0.2) is 4.79 Å². The Morgan fingerprint density at radius 3 is 2.85 bits per heavy atom. The molecule has 0 radical (unpaired) electrons. The van der Waals surface area contributed by atoms with Crippen molar-refractivity contribution in [2.45, 2.75) is 13.8 Å². The van der Waals surface area contributed by atoms with E-state index in [0.29, 0.717) is 29.8 Å². The van der Waals surface area contributed by atoms with Crippen molar-refractivity contribution < 1.29 is 14.3 Å². The summed E-state index contributed by atoms with van der Waals surface area (Å²) in [5.74, 6) is -0.399. The van der Waals surface area contributed by atoms with E-state index in [2.05, 4.69) is 4.98 Å². The van der Waals surface area contributed by atoms with E-state index in [-0.39, 0.29) is 0 Å². The maximum atomic E-state index is 11.2. The van der Waals surface area contributed by atoms with Gasteiger partial charge in [0.25, 0.3) is 0 Å². The molecule has 0 saturated carbocycles. The maximum Gasteiger partial charge on any atom is 0.339 e. The summed E-state index contributed by atoms with van der Waals surface area (Å²) in [7, 11) is 0. The Bertz CT molecular complexity index is 328. The van der Waals surface area contributed by atoms with Crippen molar-refractivity contribution in [1.82, 2.24) is 4.98 Å². The Labute approximate surface area is 75.9 Å². The fourth-order valence-corrected chi connectivity index (χ4v) is 1.07. The van der Waals surface area contributed by atoms with E-state index in [1.165, 1.54) is 6.07 Å². The molecule has 0 aliphatic carbocycles. The highest BCUT2D eigenvalue weighted by Crippen LogP contribution is 2.09. The quantitative estimate of drug-likeness (QED) is 0.565. The molecular weight excluding hydrogens is 170 g/mol. The molecule has 0 bridgehead atoms. The first-order chi connectivity index (χ1) is 6.19. The van der Waals surface area contributed by atoms with Crippen LogP contribution in [0.2, 0.25) is 0 Å². The zero-order chi connectivity index (χ0) is 9.84. The number of aldehydes is 1. The van der Waals surface area contributed by atoms with Crippen LogP contribution < -0.4 is 0 Å². The van der Waals surface area contributed by atoms with Gasteiger partial charge in [-0.15, -0.1) is 0 Å². The predicted octanol–water partition coefficient (Wildman–Crippen LogP) is 1.31. The molecule has 0 spiro atoms. The van der Waals surface area contributed by atoms with E-state index >= 15 is 0 Å². The van der Waals surface area contributed by atoms with Gasteiger partial charge in [-0.05, 0) is 19.9 Å². The Kier molecular flexibility index (Phi) is 2.84. The number of esters is 1. The molecule has 70 valence electrons. The summed E-state index contributed by atoms with van der Waals surface area (Å²) in [5, 5.41) is 0. The maximum absolute atomic E-state index is 11.2. The number of aromatic nitrogens is 1.